The molecule has 0 saturated carbocycles. The van der Waals surface area contributed by atoms with Crippen molar-refractivity contribution in [3.63, 3.8) is 0 Å². The first kappa shape index (κ1) is 19.6. The zero-order valence-corrected chi connectivity index (χ0v) is 16.7. The number of rotatable bonds is 8. The summed E-state index contributed by atoms with van der Waals surface area (Å²) in [6, 6.07) is 12.6. The Morgan fingerprint density at radius 3 is 2.64 bits per heavy atom. The van der Waals surface area contributed by atoms with Crippen LogP contribution >= 0.6 is 15.9 Å². The van der Waals surface area contributed by atoms with Crippen LogP contribution < -0.4 is 20.7 Å². The molecule has 0 aliphatic heterocycles. The molecule has 3 N–H and O–H groups in total. The summed E-state index contributed by atoms with van der Waals surface area (Å²) in [5.41, 5.74) is 1.36. The number of halogens is 1. The van der Waals surface area contributed by atoms with Crippen LogP contribution in [0.3, 0.4) is 0 Å². The average Bonchev–Trinajstić information content (AvgIpc) is 2.73. The van der Waals surface area contributed by atoms with Crippen molar-refractivity contribution < 1.29 is 9.53 Å². The first-order chi connectivity index (χ1) is 13.7. The summed E-state index contributed by atoms with van der Waals surface area (Å²) in [5, 5.41) is 17.3. The van der Waals surface area contributed by atoms with Crippen LogP contribution in [-0.2, 0) is 0 Å². The molecule has 8 nitrogen and oxygen atoms in total. The number of benzene rings is 1. The lowest BCUT2D eigenvalue weighted by atomic mass is 10.2. The molecule has 0 bridgehead atoms. The minimum atomic E-state index is -0.185. The van der Waals surface area contributed by atoms with E-state index in [2.05, 4.69) is 47.1 Å². The number of hydrogen-bond acceptors (Lipinski definition) is 7. The molecule has 0 fully saturated rings. The molecule has 0 atom stereocenters. The molecule has 1 aromatic carbocycles. The van der Waals surface area contributed by atoms with Crippen LogP contribution in [0.4, 0.5) is 17.3 Å². The number of ether oxygens (including phenoxy) is 1. The van der Waals surface area contributed by atoms with Crippen molar-refractivity contribution in [1.82, 2.24) is 20.5 Å². The van der Waals surface area contributed by atoms with E-state index in [-0.39, 0.29) is 5.91 Å². The second-order valence-electron chi connectivity index (χ2n) is 5.70. The van der Waals surface area contributed by atoms with Crippen molar-refractivity contribution in [1.29, 1.82) is 0 Å². The normalized spacial score (nSPS) is 10.2. The predicted octanol–water partition coefficient (Wildman–Crippen LogP) is 3.23. The van der Waals surface area contributed by atoms with E-state index in [0.717, 1.165) is 5.69 Å². The summed E-state index contributed by atoms with van der Waals surface area (Å²) in [6.07, 6.45) is 3.41. The van der Waals surface area contributed by atoms with Crippen LogP contribution in [0.5, 0.6) is 5.75 Å². The standard InChI is InChI=1S/C19H19BrN6O2/c1-28-14-4-5-16(20)15(11-14)19(27)23-10-9-22-17-6-7-18(26-25-17)24-13-3-2-8-21-12-13/h2-8,11-12H,9-10H2,1H3,(H,22,25)(H,23,27)(H,24,26). The molecule has 2 aromatic heterocycles. The van der Waals surface area contributed by atoms with Gasteiger partial charge in [0.25, 0.3) is 5.91 Å². The van der Waals surface area contributed by atoms with Gasteiger partial charge in [0.05, 0.1) is 24.6 Å². The van der Waals surface area contributed by atoms with Crippen molar-refractivity contribution in [2.75, 3.05) is 30.8 Å². The van der Waals surface area contributed by atoms with E-state index in [1.165, 1.54) is 0 Å². The molecule has 0 aliphatic rings. The Morgan fingerprint density at radius 1 is 1.11 bits per heavy atom. The topological polar surface area (TPSA) is 101 Å². The third kappa shape index (κ3) is 5.40. The van der Waals surface area contributed by atoms with Gasteiger partial charge in [0.1, 0.15) is 11.6 Å². The number of pyridine rings is 1. The summed E-state index contributed by atoms with van der Waals surface area (Å²) in [7, 11) is 1.56. The molecular weight excluding hydrogens is 424 g/mol. The smallest absolute Gasteiger partial charge is 0.252 e. The van der Waals surface area contributed by atoms with Crippen LogP contribution in [0.2, 0.25) is 0 Å². The minimum Gasteiger partial charge on any atom is -0.497 e. The highest BCUT2D eigenvalue weighted by Gasteiger charge is 2.10. The third-order valence-electron chi connectivity index (χ3n) is 3.73. The highest BCUT2D eigenvalue weighted by atomic mass is 79.9. The van der Waals surface area contributed by atoms with Gasteiger partial charge < -0.3 is 20.7 Å². The molecule has 0 aliphatic carbocycles. The summed E-state index contributed by atoms with van der Waals surface area (Å²) >= 11 is 3.38. The van der Waals surface area contributed by atoms with Crippen LogP contribution in [0.15, 0.2) is 59.3 Å². The van der Waals surface area contributed by atoms with Gasteiger partial charge in [-0.2, -0.15) is 0 Å². The molecule has 3 rings (SSSR count). The van der Waals surface area contributed by atoms with Gasteiger partial charge in [-0.3, -0.25) is 9.78 Å². The molecule has 2 heterocycles. The SMILES string of the molecule is COc1ccc(Br)c(C(=O)NCCNc2ccc(Nc3cccnc3)nn2)c1. The first-order valence-electron chi connectivity index (χ1n) is 8.52. The van der Waals surface area contributed by atoms with E-state index in [0.29, 0.717) is 40.5 Å². The van der Waals surface area contributed by atoms with Crippen LogP contribution in [0, 0.1) is 0 Å². The molecule has 144 valence electrons. The van der Waals surface area contributed by atoms with Crippen molar-refractivity contribution in [2.45, 2.75) is 0 Å². The largest absolute Gasteiger partial charge is 0.497 e. The fourth-order valence-electron chi connectivity index (χ4n) is 2.34. The maximum atomic E-state index is 12.3. The van der Waals surface area contributed by atoms with E-state index in [9.17, 15) is 4.79 Å². The number of hydrogen-bond donors (Lipinski definition) is 3. The highest BCUT2D eigenvalue weighted by molar-refractivity contribution is 9.10. The van der Waals surface area contributed by atoms with Gasteiger partial charge in [-0.1, -0.05) is 0 Å². The lowest BCUT2D eigenvalue weighted by Crippen LogP contribution is -2.29. The van der Waals surface area contributed by atoms with E-state index < -0.39 is 0 Å². The Kier molecular flexibility index (Phi) is 6.74. The molecule has 3 aromatic rings. The number of nitrogens with one attached hydrogen (secondary N) is 3. The lowest BCUT2D eigenvalue weighted by molar-refractivity contribution is 0.0954. The third-order valence-corrected chi connectivity index (χ3v) is 4.42. The number of nitrogens with zero attached hydrogens (tertiary/aromatic N) is 3. The van der Waals surface area contributed by atoms with Gasteiger partial charge in [0.15, 0.2) is 5.82 Å². The van der Waals surface area contributed by atoms with Crippen LogP contribution in [0.25, 0.3) is 0 Å². The molecule has 1 amide bonds. The maximum Gasteiger partial charge on any atom is 0.252 e. The van der Waals surface area contributed by atoms with Gasteiger partial charge in [-0.25, -0.2) is 0 Å². The molecule has 28 heavy (non-hydrogen) atoms. The zero-order chi connectivity index (χ0) is 19.8. The molecule has 0 saturated heterocycles. The Bertz CT molecular complexity index is 921. The maximum absolute atomic E-state index is 12.3. The second-order valence-corrected chi connectivity index (χ2v) is 6.55. The zero-order valence-electron chi connectivity index (χ0n) is 15.1. The number of amides is 1. The summed E-state index contributed by atoms with van der Waals surface area (Å²) < 4.78 is 5.86. The molecule has 0 unspecified atom stereocenters. The number of methoxy groups -OCH3 is 1. The Hall–Kier alpha value is -3.20. The summed E-state index contributed by atoms with van der Waals surface area (Å²) in [5.74, 6) is 1.68. The van der Waals surface area contributed by atoms with Crippen LogP contribution in [0.1, 0.15) is 10.4 Å². The first-order valence-corrected chi connectivity index (χ1v) is 9.31. The Balaban J connectivity index is 1.45. The minimum absolute atomic E-state index is 0.185. The quantitative estimate of drug-likeness (QED) is 0.460. The molecule has 0 radical (unpaired) electrons. The molecular formula is C19H19BrN6O2. The van der Waals surface area contributed by atoms with Crippen molar-refractivity contribution in [3.05, 3.63) is 64.9 Å². The number of carbonyl (C=O) groups excluding carboxylic acids is 1. The molecule has 9 heteroatoms. The Morgan fingerprint density at radius 2 is 1.93 bits per heavy atom. The highest BCUT2D eigenvalue weighted by Crippen LogP contribution is 2.22. The van der Waals surface area contributed by atoms with Gasteiger partial charge in [-0.05, 0) is 58.4 Å². The van der Waals surface area contributed by atoms with Crippen LogP contribution in [-0.4, -0.2) is 41.3 Å². The fourth-order valence-corrected chi connectivity index (χ4v) is 2.77. The van der Waals surface area contributed by atoms with E-state index in [4.69, 9.17) is 4.74 Å². The number of anilines is 3. The van der Waals surface area contributed by atoms with E-state index in [1.54, 1.807) is 37.7 Å². The monoisotopic (exact) mass is 442 g/mol. The van der Waals surface area contributed by atoms with Gasteiger partial charge in [-0.15, -0.1) is 10.2 Å². The lowest BCUT2D eigenvalue weighted by Gasteiger charge is -2.10. The van der Waals surface area contributed by atoms with Crippen molar-refractivity contribution in [3.8, 4) is 5.75 Å². The Labute approximate surface area is 170 Å². The number of carbonyl (C=O) groups is 1. The summed E-state index contributed by atoms with van der Waals surface area (Å²) in [4.78, 5) is 16.3. The van der Waals surface area contributed by atoms with E-state index in [1.807, 2.05) is 24.3 Å². The van der Waals surface area contributed by atoms with Gasteiger partial charge >= 0.3 is 0 Å². The average molecular weight is 443 g/mol. The van der Waals surface area contributed by atoms with Crippen molar-refractivity contribution in [2.24, 2.45) is 0 Å². The van der Waals surface area contributed by atoms with Crippen molar-refractivity contribution >= 4 is 39.2 Å². The summed E-state index contributed by atoms with van der Waals surface area (Å²) in [6.45, 7) is 0.942. The van der Waals surface area contributed by atoms with Gasteiger partial charge in [0.2, 0.25) is 0 Å². The van der Waals surface area contributed by atoms with E-state index >= 15 is 0 Å². The number of aromatic nitrogens is 3. The second kappa shape index (κ2) is 9.65. The van der Waals surface area contributed by atoms with Gasteiger partial charge in [0, 0.05) is 23.8 Å². The fraction of sp³-hybridized carbons (Fsp3) is 0.158. The predicted molar refractivity (Wildman–Crippen MR) is 111 cm³/mol. The molecule has 0 spiro atoms.